The van der Waals surface area contributed by atoms with Gasteiger partial charge in [0.05, 0.1) is 25.9 Å². The number of anilines is 1. The third-order valence-electron chi connectivity index (χ3n) is 6.15. The molecule has 1 aromatic rings. The van der Waals surface area contributed by atoms with E-state index in [1.165, 1.54) is 89.8 Å². The molecule has 0 bridgehead atoms. The normalized spacial score (nSPS) is 14.1. The van der Waals surface area contributed by atoms with Crippen LogP contribution in [0.5, 0.6) is 0 Å². The zero-order valence-electron chi connectivity index (χ0n) is 22.2. The number of nitrogens with zero attached hydrogens (tertiary/aromatic N) is 3. The number of hydrogen-bond acceptors (Lipinski definition) is 8. The van der Waals surface area contributed by atoms with Gasteiger partial charge in [0.1, 0.15) is 12.7 Å². The van der Waals surface area contributed by atoms with Gasteiger partial charge in [-0.05, 0) is 6.42 Å². The molecule has 0 fully saturated rings. The number of aliphatic hydroxyl groups is 1. The third-order valence-corrected chi connectivity index (χ3v) is 7.21. The molecule has 210 valence electrons. The van der Waals surface area contributed by atoms with Crippen molar-refractivity contribution < 1.29 is 23.8 Å². The van der Waals surface area contributed by atoms with Gasteiger partial charge in [-0.1, -0.05) is 103 Å². The van der Waals surface area contributed by atoms with E-state index in [0.29, 0.717) is 6.42 Å². The van der Waals surface area contributed by atoms with Crippen molar-refractivity contribution in [3.8, 4) is 0 Å². The minimum Gasteiger partial charge on any atom is -0.394 e. The van der Waals surface area contributed by atoms with E-state index < -0.39 is 32.3 Å². The number of rotatable bonds is 24. The highest BCUT2D eigenvalue weighted by atomic mass is 31.2. The van der Waals surface area contributed by atoms with Gasteiger partial charge in [-0.2, -0.15) is 4.98 Å². The lowest BCUT2D eigenvalue weighted by Crippen LogP contribution is -2.32. The molecule has 0 amide bonds. The maximum atomic E-state index is 12.2. The van der Waals surface area contributed by atoms with Gasteiger partial charge in [0.2, 0.25) is 5.95 Å². The Morgan fingerprint density at radius 3 is 1.92 bits per heavy atom. The number of aromatic nitrogens is 3. The summed E-state index contributed by atoms with van der Waals surface area (Å²) in [6.45, 7) is 1.92. The van der Waals surface area contributed by atoms with E-state index >= 15 is 0 Å². The molecule has 1 heterocycles. The third kappa shape index (κ3) is 17.2. The minimum absolute atomic E-state index is 0.0747. The second-order valence-corrected chi connectivity index (χ2v) is 11.3. The van der Waals surface area contributed by atoms with Crippen LogP contribution in [0.4, 0.5) is 5.95 Å². The quantitative estimate of drug-likeness (QED) is 0.123. The van der Waals surface area contributed by atoms with Crippen molar-refractivity contribution in [2.24, 2.45) is 0 Å². The van der Waals surface area contributed by atoms with E-state index in [4.69, 9.17) is 15.0 Å². The smallest absolute Gasteiger partial charge is 0.353 e. The number of hydrogen-bond donors (Lipinski definition) is 3. The molecule has 36 heavy (non-hydrogen) atoms. The predicted octanol–water partition coefficient (Wildman–Crippen LogP) is 5.02. The number of nitrogens with two attached hydrogens (primary N) is 1. The Hall–Kier alpha value is -1.32. The maximum absolute atomic E-state index is 12.2. The standard InChI is InChI=1S/C25H49N4O6P/c1-2-3-4-5-6-7-8-9-10-11-12-13-14-15-16-17-18-35-36(32,33)22-34-23(20-30)19-29-21-27-24(26)28-25(29)31/h21,23,30H,2-20,22H2,1H3,(H,32,33)(H2,26,28,31)/t23-/m0/s1. The zero-order valence-corrected chi connectivity index (χ0v) is 23.1. The molecule has 10 nitrogen and oxygen atoms in total. The van der Waals surface area contributed by atoms with Gasteiger partial charge >= 0.3 is 13.3 Å². The zero-order chi connectivity index (χ0) is 26.5. The SMILES string of the molecule is CCCCCCCCCCCCCCCCCCOP(=O)(O)CO[C@H](CO)Cn1cnc(N)nc1=O. The number of nitrogen functional groups attached to an aromatic ring is 1. The van der Waals surface area contributed by atoms with Gasteiger partial charge in [0, 0.05) is 0 Å². The van der Waals surface area contributed by atoms with Gasteiger partial charge < -0.3 is 25.0 Å². The topological polar surface area (TPSA) is 150 Å². The first kappa shape index (κ1) is 32.7. The van der Waals surface area contributed by atoms with Gasteiger partial charge in [-0.15, -0.1) is 0 Å². The fourth-order valence-corrected chi connectivity index (χ4v) is 4.86. The lowest BCUT2D eigenvalue weighted by molar-refractivity contribution is 0.0165. The Bertz CT molecular complexity index is 779. The van der Waals surface area contributed by atoms with Crippen LogP contribution in [0.3, 0.4) is 0 Å². The second-order valence-electron chi connectivity index (χ2n) is 9.52. The van der Waals surface area contributed by atoms with Crippen molar-refractivity contribution in [1.29, 1.82) is 0 Å². The van der Waals surface area contributed by atoms with E-state index in [1.54, 1.807) is 0 Å². The summed E-state index contributed by atoms with van der Waals surface area (Å²) in [7, 11) is -3.95. The summed E-state index contributed by atoms with van der Waals surface area (Å²) in [6.07, 6.45) is 19.9. The minimum atomic E-state index is -3.95. The molecular weight excluding hydrogens is 483 g/mol. The number of ether oxygens (including phenoxy) is 1. The highest BCUT2D eigenvalue weighted by Crippen LogP contribution is 2.42. The summed E-state index contributed by atoms with van der Waals surface area (Å²) in [5.74, 6) is -0.153. The molecule has 1 unspecified atom stereocenters. The summed E-state index contributed by atoms with van der Waals surface area (Å²) in [6, 6.07) is 0. The van der Waals surface area contributed by atoms with Crippen LogP contribution in [0.15, 0.2) is 11.1 Å². The Kier molecular flexibility index (Phi) is 18.8. The van der Waals surface area contributed by atoms with Gasteiger partial charge in [0.25, 0.3) is 0 Å². The van der Waals surface area contributed by atoms with E-state index in [2.05, 4.69) is 16.9 Å². The summed E-state index contributed by atoms with van der Waals surface area (Å²) in [5.41, 5.74) is 4.70. The van der Waals surface area contributed by atoms with Crippen LogP contribution in [-0.2, 0) is 20.4 Å². The summed E-state index contributed by atoms with van der Waals surface area (Å²) in [5, 5.41) is 9.44. The van der Waals surface area contributed by atoms with Gasteiger partial charge in [0.15, 0.2) is 0 Å². The average Bonchev–Trinajstić information content (AvgIpc) is 2.85. The first-order valence-electron chi connectivity index (χ1n) is 13.8. The van der Waals surface area contributed by atoms with Gasteiger partial charge in [-0.3, -0.25) is 9.13 Å². The Morgan fingerprint density at radius 1 is 0.944 bits per heavy atom. The van der Waals surface area contributed by atoms with E-state index in [0.717, 1.165) is 17.4 Å². The first-order valence-corrected chi connectivity index (χ1v) is 15.5. The fraction of sp³-hybridized carbons (Fsp3) is 0.880. The van der Waals surface area contributed by atoms with E-state index in [9.17, 15) is 19.4 Å². The van der Waals surface area contributed by atoms with Crippen LogP contribution >= 0.6 is 7.60 Å². The second kappa shape index (κ2) is 20.7. The lowest BCUT2D eigenvalue weighted by atomic mass is 10.0. The molecule has 0 saturated carbocycles. The van der Waals surface area contributed by atoms with Crippen LogP contribution in [0, 0.1) is 0 Å². The van der Waals surface area contributed by atoms with E-state index in [-0.39, 0.29) is 19.1 Å². The average molecular weight is 533 g/mol. The van der Waals surface area contributed by atoms with Crippen LogP contribution in [-0.4, -0.2) is 50.2 Å². The molecule has 0 aliphatic carbocycles. The fourth-order valence-electron chi connectivity index (χ4n) is 3.97. The Morgan fingerprint density at radius 2 is 1.44 bits per heavy atom. The highest BCUT2D eigenvalue weighted by molar-refractivity contribution is 7.52. The number of aliphatic hydroxyl groups excluding tert-OH is 1. The lowest BCUT2D eigenvalue weighted by Gasteiger charge is -2.18. The molecule has 11 heteroatoms. The highest BCUT2D eigenvalue weighted by Gasteiger charge is 2.22. The predicted molar refractivity (Wildman–Crippen MR) is 143 cm³/mol. The molecule has 0 aliphatic rings. The molecule has 0 radical (unpaired) electrons. The van der Waals surface area contributed by atoms with Crippen LogP contribution in [0.2, 0.25) is 0 Å². The van der Waals surface area contributed by atoms with Crippen LogP contribution < -0.4 is 11.4 Å². The first-order chi connectivity index (χ1) is 17.4. The molecule has 1 rings (SSSR count). The molecule has 0 aliphatic heterocycles. The molecule has 0 saturated heterocycles. The van der Waals surface area contributed by atoms with Crippen LogP contribution in [0.25, 0.3) is 0 Å². The maximum Gasteiger partial charge on any atom is 0.353 e. The molecule has 2 atom stereocenters. The molecule has 1 aromatic heterocycles. The van der Waals surface area contributed by atoms with Crippen molar-refractivity contribution >= 4 is 13.5 Å². The van der Waals surface area contributed by atoms with Crippen LogP contribution in [0.1, 0.15) is 110 Å². The monoisotopic (exact) mass is 532 g/mol. The van der Waals surface area contributed by atoms with Crippen molar-refractivity contribution in [3.63, 3.8) is 0 Å². The largest absolute Gasteiger partial charge is 0.394 e. The molecule has 0 spiro atoms. The van der Waals surface area contributed by atoms with Gasteiger partial charge in [-0.25, -0.2) is 9.78 Å². The summed E-state index contributed by atoms with van der Waals surface area (Å²) < 4.78 is 23.7. The van der Waals surface area contributed by atoms with E-state index in [1.807, 2.05) is 0 Å². The summed E-state index contributed by atoms with van der Waals surface area (Å²) in [4.78, 5) is 28.9. The van der Waals surface area contributed by atoms with Crippen molar-refractivity contribution in [3.05, 3.63) is 16.8 Å². The Labute approximate surface area is 216 Å². The summed E-state index contributed by atoms with van der Waals surface area (Å²) >= 11 is 0. The molecule has 0 aromatic carbocycles. The molecule has 4 N–H and O–H groups in total. The number of unbranched alkanes of at least 4 members (excludes halogenated alkanes) is 15. The van der Waals surface area contributed by atoms with Crippen molar-refractivity contribution in [2.75, 3.05) is 25.3 Å². The Balaban J connectivity index is 1.99. The van der Waals surface area contributed by atoms with Crippen molar-refractivity contribution in [2.45, 2.75) is 122 Å². The van der Waals surface area contributed by atoms with Crippen molar-refractivity contribution in [1.82, 2.24) is 14.5 Å². The molecular formula is C25H49N4O6P.